The van der Waals surface area contributed by atoms with E-state index in [1.165, 1.54) is 12.8 Å². The lowest BCUT2D eigenvalue weighted by Crippen LogP contribution is -2.36. The fourth-order valence-corrected chi connectivity index (χ4v) is 4.94. The number of aromatic nitrogens is 2. The van der Waals surface area contributed by atoms with Crippen LogP contribution in [0.5, 0.6) is 0 Å². The predicted molar refractivity (Wildman–Crippen MR) is 133 cm³/mol. The van der Waals surface area contributed by atoms with Gasteiger partial charge < -0.3 is 20.9 Å². The Bertz CT molecular complexity index is 1130. The van der Waals surface area contributed by atoms with E-state index < -0.39 is 0 Å². The molecule has 164 valence electrons. The van der Waals surface area contributed by atoms with Crippen LogP contribution >= 0.6 is 12.2 Å². The lowest BCUT2D eigenvalue weighted by molar-refractivity contribution is 0.0973. The van der Waals surface area contributed by atoms with Gasteiger partial charge in [0.25, 0.3) is 0 Å². The van der Waals surface area contributed by atoms with Gasteiger partial charge in [0.15, 0.2) is 10.9 Å². The SMILES string of the molecule is O=C1CCCc2[nH]c(-c3ccnc(NC(=S)NC4CCCC4)c3)c(Nc3ccccc3)c21. The molecule has 2 aromatic heterocycles. The van der Waals surface area contributed by atoms with Crippen LogP contribution in [-0.4, -0.2) is 26.9 Å². The molecule has 3 aromatic rings. The number of carbonyl (C=O) groups excluding carboxylic acids is 1. The van der Waals surface area contributed by atoms with Crippen LogP contribution in [-0.2, 0) is 6.42 Å². The number of nitrogens with one attached hydrogen (secondary N) is 4. The van der Waals surface area contributed by atoms with Crippen molar-refractivity contribution in [1.29, 1.82) is 0 Å². The van der Waals surface area contributed by atoms with Crippen LogP contribution in [0.15, 0.2) is 48.7 Å². The maximum atomic E-state index is 12.8. The van der Waals surface area contributed by atoms with Crippen molar-refractivity contribution in [1.82, 2.24) is 15.3 Å². The molecule has 2 aliphatic rings. The summed E-state index contributed by atoms with van der Waals surface area (Å²) in [5.74, 6) is 0.865. The fourth-order valence-electron chi connectivity index (χ4n) is 4.67. The molecular formula is C25H27N5OS. The number of fused-ring (bicyclic) bond motifs is 1. The van der Waals surface area contributed by atoms with Gasteiger partial charge in [0.05, 0.1) is 16.9 Å². The Kier molecular flexibility index (Phi) is 5.90. The monoisotopic (exact) mass is 445 g/mol. The van der Waals surface area contributed by atoms with Crippen molar-refractivity contribution in [2.75, 3.05) is 10.6 Å². The maximum Gasteiger partial charge on any atom is 0.172 e. The lowest BCUT2D eigenvalue weighted by Gasteiger charge is -2.16. The van der Waals surface area contributed by atoms with Crippen LogP contribution in [0.1, 0.15) is 54.6 Å². The van der Waals surface area contributed by atoms with E-state index in [9.17, 15) is 4.79 Å². The zero-order valence-electron chi connectivity index (χ0n) is 17.9. The van der Waals surface area contributed by atoms with Gasteiger partial charge >= 0.3 is 0 Å². The standard InChI is InChI=1S/C25H27N5OS/c31-20-12-6-11-19-22(20)24(27-17-7-2-1-3-8-17)23(29-19)16-13-14-26-21(15-16)30-25(32)28-18-9-4-5-10-18/h1-3,7-8,13-15,18,27,29H,4-6,9-12H2,(H2,26,28,30,32). The van der Waals surface area contributed by atoms with Crippen LogP contribution in [0.25, 0.3) is 11.3 Å². The summed E-state index contributed by atoms with van der Waals surface area (Å²) in [6, 6.07) is 14.3. The first-order chi connectivity index (χ1) is 15.7. The third-order valence-corrected chi connectivity index (χ3v) is 6.43. The molecule has 0 amide bonds. The van der Waals surface area contributed by atoms with Crippen molar-refractivity contribution in [3.63, 3.8) is 0 Å². The smallest absolute Gasteiger partial charge is 0.172 e. The number of ketones is 1. The highest BCUT2D eigenvalue weighted by atomic mass is 32.1. The number of nitrogens with zero attached hydrogens (tertiary/aromatic N) is 1. The van der Waals surface area contributed by atoms with Crippen LogP contribution in [0.2, 0.25) is 0 Å². The van der Waals surface area contributed by atoms with Crippen LogP contribution in [0.4, 0.5) is 17.2 Å². The Morgan fingerprint density at radius 2 is 1.88 bits per heavy atom. The molecule has 1 saturated carbocycles. The summed E-state index contributed by atoms with van der Waals surface area (Å²) < 4.78 is 0. The van der Waals surface area contributed by atoms with Gasteiger partial charge in [-0.1, -0.05) is 31.0 Å². The molecule has 0 atom stereocenters. The first-order valence-electron chi connectivity index (χ1n) is 11.3. The van der Waals surface area contributed by atoms with Gasteiger partial charge in [-0.05, 0) is 62.2 Å². The molecule has 6 nitrogen and oxygen atoms in total. The van der Waals surface area contributed by atoms with Gasteiger partial charge in [-0.25, -0.2) is 4.98 Å². The minimum Gasteiger partial charge on any atom is -0.360 e. The third kappa shape index (κ3) is 4.39. The Hall–Kier alpha value is -3.19. The fraction of sp³-hybridized carbons (Fsp3) is 0.320. The quantitative estimate of drug-likeness (QED) is 0.385. The topological polar surface area (TPSA) is 81.8 Å². The number of para-hydroxylation sites is 1. The van der Waals surface area contributed by atoms with Gasteiger partial charge in [0.2, 0.25) is 0 Å². The van der Waals surface area contributed by atoms with Crippen LogP contribution < -0.4 is 16.0 Å². The summed E-state index contributed by atoms with van der Waals surface area (Å²) in [5, 5.41) is 10.7. The molecule has 0 saturated heterocycles. The van der Waals surface area contributed by atoms with Gasteiger partial charge in [0, 0.05) is 35.6 Å². The van der Waals surface area contributed by atoms with Crippen molar-refractivity contribution in [3.05, 3.63) is 59.9 Å². The summed E-state index contributed by atoms with van der Waals surface area (Å²) in [5.41, 5.74) is 5.41. The molecule has 2 heterocycles. The molecule has 0 bridgehead atoms. The second kappa shape index (κ2) is 9.12. The second-order valence-electron chi connectivity index (χ2n) is 8.51. The summed E-state index contributed by atoms with van der Waals surface area (Å²) in [7, 11) is 0. The number of H-pyrrole nitrogens is 1. The molecule has 7 heteroatoms. The number of pyridine rings is 1. The van der Waals surface area contributed by atoms with Crippen molar-refractivity contribution in [2.24, 2.45) is 0 Å². The number of hydrogen-bond acceptors (Lipinski definition) is 4. The highest BCUT2D eigenvalue weighted by molar-refractivity contribution is 7.80. The first kappa shape index (κ1) is 20.7. The molecule has 0 aliphatic heterocycles. The summed E-state index contributed by atoms with van der Waals surface area (Å²) in [6.07, 6.45) is 8.92. The first-order valence-corrected chi connectivity index (χ1v) is 11.7. The zero-order valence-corrected chi connectivity index (χ0v) is 18.7. The van der Waals surface area contributed by atoms with Crippen molar-refractivity contribution >= 4 is 40.3 Å². The normalized spacial score (nSPS) is 15.9. The third-order valence-electron chi connectivity index (χ3n) is 6.21. The Balaban J connectivity index is 1.45. The number of aryl methyl sites for hydroxylation is 1. The zero-order chi connectivity index (χ0) is 21.9. The molecule has 0 radical (unpaired) electrons. The van der Waals surface area contributed by atoms with Gasteiger partial charge in [-0.15, -0.1) is 0 Å². The number of hydrogen-bond donors (Lipinski definition) is 4. The largest absolute Gasteiger partial charge is 0.360 e. The molecule has 2 aliphatic carbocycles. The second-order valence-corrected chi connectivity index (χ2v) is 8.91. The summed E-state index contributed by atoms with van der Waals surface area (Å²) in [6.45, 7) is 0. The highest BCUT2D eigenvalue weighted by Crippen LogP contribution is 2.39. The molecule has 32 heavy (non-hydrogen) atoms. The van der Waals surface area contributed by atoms with Gasteiger partial charge in [-0.3, -0.25) is 4.79 Å². The maximum absolute atomic E-state index is 12.8. The van der Waals surface area contributed by atoms with E-state index in [1.807, 2.05) is 42.5 Å². The van der Waals surface area contributed by atoms with E-state index in [1.54, 1.807) is 6.20 Å². The number of Topliss-reactive ketones (excluding diaryl/α,β-unsaturated/α-hetero) is 1. The minimum atomic E-state index is 0.182. The summed E-state index contributed by atoms with van der Waals surface area (Å²) in [4.78, 5) is 20.8. The molecule has 0 unspecified atom stereocenters. The number of rotatable bonds is 5. The molecule has 5 rings (SSSR count). The van der Waals surface area contributed by atoms with Crippen LogP contribution in [0, 0.1) is 0 Å². The Morgan fingerprint density at radius 1 is 1.06 bits per heavy atom. The minimum absolute atomic E-state index is 0.182. The Labute approximate surface area is 193 Å². The van der Waals surface area contributed by atoms with E-state index in [-0.39, 0.29) is 5.78 Å². The summed E-state index contributed by atoms with van der Waals surface area (Å²) >= 11 is 5.50. The average molecular weight is 446 g/mol. The average Bonchev–Trinajstić information content (AvgIpc) is 3.43. The van der Waals surface area contributed by atoms with E-state index >= 15 is 0 Å². The van der Waals surface area contributed by atoms with Gasteiger partial charge in [-0.2, -0.15) is 0 Å². The molecule has 0 spiro atoms. The van der Waals surface area contributed by atoms with Crippen LogP contribution in [0.3, 0.4) is 0 Å². The number of thiocarbonyl (C=S) groups is 1. The van der Waals surface area contributed by atoms with Crippen molar-refractivity contribution < 1.29 is 4.79 Å². The molecular weight excluding hydrogens is 418 g/mol. The van der Waals surface area contributed by atoms with Gasteiger partial charge in [0.1, 0.15) is 5.82 Å². The number of aromatic amines is 1. The molecule has 1 aromatic carbocycles. The lowest BCUT2D eigenvalue weighted by atomic mass is 9.95. The van der Waals surface area contributed by atoms with E-state index in [0.29, 0.717) is 23.4 Å². The van der Waals surface area contributed by atoms with Crippen molar-refractivity contribution in [2.45, 2.75) is 51.0 Å². The van der Waals surface area contributed by atoms with E-state index in [0.717, 1.165) is 59.6 Å². The molecule has 1 fully saturated rings. The van der Waals surface area contributed by atoms with Crippen molar-refractivity contribution in [3.8, 4) is 11.3 Å². The number of carbonyl (C=O) groups is 1. The molecule has 4 N–H and O–H groups in total. The number of benzene rings is 1. The van der Waals surface area contributed by atoms with E-state index in [2.05, 4.69) is 25.9 Å². The Morgan fingerprint density at radius 3 is 2.69 bits per heavy atom. The highest BCUT2D eigenvalue weighted by Gasteiger charge is 2.27. The van der Waals surface area contributed by atoms with E-state index in [4.69, 9.17) is 12.2 Å². The predicted octanol–water partition coefficient (Wildman–Crippen LogP) is 5.57. The number of anilines is 3.